The van der Waals surface area contributed by atoms with Crippen LogP contribution in [0.3, 0.4) is 0 Å². The average Bonchev–Trinajstić information content (AvgIpc) is 2.49. The maximum Gasteiger partial charge on any atom is 0.248 e. The smallest absolute Gasteiger partial charge is 0.248 e. The molecular formula is C18H18ClNO2. The number of methoxy groups -OCH3 is 1. The van der Waals surface area contributed by atoms with Crippen molar-refractivity contribution in [1.29, 1.82) is 0 Å². The number of anilines is 1. The molecule has 0 saturated carbocycles. The Balaban J connectivity index is 2.11. The highest BCUT2D eigenvalue weighted by atomic mass is 35.5. The van der Waals surface area contributed by atoms with Gasteiger partial charge in [0.2, 0.25) is 5.91 Å². The second-order valence-electron chi connectivity index (χ2n) is 5.04. The molecule has 0 bridgehead atoms. The first kappa shape index (κ1) is 16.1. The highest BCUT2D eigenvalue weighted by Crippen LogP contribution is 2.27. The third-order valence-corrected chi connectivity index (χ3v) is 3.50. The second-order valence-corrected chi connectivity index (χ2v) is 5.45. The fourth-order valence-corrected chi connectivity index (χ4v) is 2.52. The fourth-order valence-electron chi connectivity index (χ4n) is 2.16. The zero-order valence-electron chi connectivity index (χ0n) is 12.8. The minimum atomic E-state index is -0.225. The molecule has 0 aliphatic carbocycles. The van der Waals surface area contributed by atoms with Crippen LogP contribution in [-0.4, -0.2) is 13.0 Å². The van der Waals surface area contributed by atoms with Crippen LogP contribution in [0.25, 0.3) is 6.08 Å². The molecule has 2 aromatic carbocycles. The van der Waals surface area contributed by atoms with Crippen molar-refractivity contribution in [2.75, 3.05) is 12.4 Å². The predicted octanol–water partition coefficient (Wildman–Crippen LogP) is 4.62. The number of carbonyl (C=O) groups excluding carboxylic acids is 1. The minimum Gasteiger partial charge on any atom is -0.497 e. The number of carbonyl (C=O) groups is 1. The molecule has 2 aromatic rings. The molecule has 0 unspecified atom stereocenters. The molecule has 1 N–H and O–H groups in total. The summed E-state index contributed by atoms with van der Waals surface area (Å²) in [5.74, 6) is 0.525. The molecule has 3 nitrogen and oxygen atoms in total. The standard InChI is InChI=1S/C18H18ClNO2/c1-12-9-13(2)18(16(19)10-12)20-17(21)8-7-14-5-4-6-15(11-14)22-3/h4-11H,1-3H3,(H,20,21)/b8-7+. The Morgan fingerprint density at radius 2 is 2.00 bits per heavy atom. The molecule has 2 rings (SSSR count). The van der Waals surface area contributed by atoms with Crippen molar-refractivity contribution in [3.8, 4) is 5.75 Å². The van der Waals surface area contributed by atoms with E-state index in [2.05, 4.69) is 5.32 Å². The molecule has 0 fully saturated rings. The van der Waals surface area contributed by atoms with Gasteiger partial charge in [-0.15, -0.1) is 0 Å². The normalized spacial score (nSPS) is 10.7. The zero-order valence-corrected chi connectivity index (χ0v) is 13.6. The van der Waals surface area contributed by atoms with E-state index in [1.165, 1.54) is 6.08 Å². The van der Waals surface area contributed by atoms with Gasteiger partial charge in [0.15, 0.2) is 0 Å². The van der Waals surface area contributed by atoms with Crippen LogP contribution in [0.15, 0.2) is 42.5 Å². The summed E-state index contributed by atoms with van der Waals surface area (Å²) >= 11 is 6.18. The second kappa shape index (κ2) is 7.14. The average molecular weight is 316 g/mol. The first-order valence-corrected chi connectivity index (χ1v) is 7.27. The molecule has 0 radical (unpaired) electrons. The molecule has 114 valence electrons. The van der Waals surface area contributed by atoms with Crippen LogP contribution in [0.2, 0.25) is 5.02 Å². The lowest BCUT2D eigenvalue weighted by Crippen LogP contribution is -2.09. The molecular weight excluding hydrogens is 298 g/mol. The third kappa shape index (κ3) is 4.12. The van der Waals surface area contributed by atoms with E-state index in [9.17, 15) is 4.79 Å². The highest BCUT2D eigenvalue weighted by Gasteiger charge is 2.07. The van der Waals surface area contributed by atoms with Gasteiger partial charge in [0.05, 0.1) is 17.8 Å². The SMILES string of the molecule is COc1cccc(/C=C/C(=O)Nc2c(C)cc(C)cc2Cl)c1. The van der Waals surface area contributed by atoms with Gasteiger partial charge in [-0.25, -0.2) is 0 Å². The zero-order chi connectivity index (χ0) is 16.1. The number of aryl methyl sites for hydroxylation is 2. The van der Waals surface area contributed by atoms with Gasteiger partial charge in [-0.2, -0.15) is 0 Å². The van der Waals surface area contributed by atoms with Crippen molar-refractivity contribution >= 4 is 29.3 Å². The van der Waals surface area contributed by atoms with E-state index >= 15 is 0 Å². The maximum atomic E-state index is 12.0. The molecule has 0 saturated heterocycles. The molecule has 1 amide bonds. The predicted molar refractivity (Wildman–Crippen MR) is 91.6 cm³/mol. The summed E-state index contributed by atoms with van der Waals surface area (Å²) in [6.07, 6.45) is 3.21. The highest BCUT2D eigenvalue weighted by molar-refractivity contribution is 6.34. The van der Waals surface area contributed by atoms with E-state index in [1.807, 2.05) is 50.2 Å². The van der Waals surface area contributed by atoms with Gasteiger partial charge in [0, 0.05) is 6.08 Å². The summed E-state index contributed by atoms with van der Waals surface area (Å²) in [7, 11) is 1.61. The summed E-state index contributed by atoms with van der Waals surface area (Å²) in [6, 6.07) is 11.3. The van der Waals surface area contributed by atoms with Crippen LogP contribution in [0.1, 0.15) is 16.7 Å². The monoisotopic (exact) mass is 315 g/mol. The number of hydrogen-bond acceptors (Lipinski definition) is 2. The summed E-state index contributed by atoms with van der Waals surface area (Å²) in [4.78, 5) is 12.0. The van der Waals surface area contributed by atoms with E-state index in [-0.39, 0.29) is 5.91 Å². The number of halogens is 1. The largest absolute Gasteiger partial charge is 0.497 e. The number of ether oxygens (including phenoxy) is 1. The number of amides is 1. The molecule has 0 aromatic heterocycles. The van der Waals surface area contributed by atoms with Gasteiger partial charge in [0.1, 0.15) is 5.75 Å². The Hall–Kier alpha value is -2.26. The van der Waals surface area contributed by atoms with Crippen molar-refractivity contribution in [1.82, 2.24) is 0 Å². The topological polar surface area (TPSA) is 38.3 Å². The van der Waals surface area contributed by atoms with Gasteiger partial charge < -0.3 is 10.1 Å². The molecule has 22 heavy (non-hydrogen) atoms. The van der Waals surface area contributed by atoms with Crippen LogP contribution in [-0.2, 0) is 4.79 Å². The Morgan fingerprint density at radius 1 is 1.23 bits per heavy atom. The van der Waals surface area contributed by atoms with Gasteiger partial charge in [-0.1, -0.05) is 29.8 Å². The third-order valence-electron chi connectivity index (χ3n) is 3.20. The molecule has 0 aliphatic rings. The molecule has 4 heteroatoms. The van der Waals surface area contributed by atoms with Crippen molar-refractivity contribution < 1.29 is 9.53 Å². The van der Waals surface area contributed by atoms with E-state index < -0.39 is 0 Å². The van der Waals surface area contributed by atoms with E-state index in [4.69, 9.17) is 16.3 Å². The number of rotatable bonds is 4. The van der Waals surface area contributed by atoms with Crippen LogP contribution in [0, 0.1) is 13.8 Å². The molecule has 0 spiro atoms. The Kier molecular flexibility index (Phi) is 5.23. The van der Waals surface area contributed by atoms with Crippen LogP contribution in [0.4, 0.5) is 5.69 Å². The van der Waals surface area contributed by atoms with E-state index in [1.54, 1.807) is 13.2 Å². The first-order valence-electron chi connectivity index (χ1n) is 6.89. The Bertz CT molecular complexity index is 700. The maximum absolute atomic E-state index is 12.0. The van der Waals surface area contributed by atoms with Crippen molar-refractivity contribution in [3.63, 3.8) is 0 Å². The quantitative estimate of drug-likeness (QED) is 0.836. The Labute approximate surface area is 135 Å². The lowest BCUT2D eigenvalue weighted by molar-refractivity contribution is -0.111. The summed E-state index contributed by atoms with van der Waals surface area (Å²) in [6.45, 7) is 3.88. The molecule has 0 atom stereocenters. The van der Waals surface area contributed by atoms with Crippen LogP contribution >= 0.6 is 11.6 Å². The minimum absolute atomic E-state index is 0.225. The lowest BCUT2D eigenvalue weighted by Gasteiger charge is -2.10. The van der Waals surface area contributed by atoms with Gasteiger partial charge in [-0.05, 0) is 54.8 Å². The van der Waals surface area contributed by atoms with Gasteiger partial charge in [-0.3, -0.25) is 4.79 Å². The van der Waals surface area contributed by atoms with E-state index in [0.717, 1.165) is 22.4 Å². The number of hydrogen-bond donors (Lipinski definition) is 1. The van der Waals surface area contributed by atoms with Crippen molar-refractivity contribution in [2.45, 2.75) is 13.8 Å². The van der Waals surface area contributed by atoms with Crippen LogP contribution in [0.5, 0.6) is 5.75 Å². The summed E-state index contributed by atoms with van der Waals surface area (Å²) in [5.41, 5.74) is 3.54. The number of nitrogens with one attached hydrogen (secondary N) is 1. The van der Waals surface area contributed by atoms with Crippen LogP contribution < -0.4 is 10.1 Å². The molecule has 0 heterocycles. The van der Waals surface area contributed by atoms with E-state index in [0.29, 0.717) is 10.7 Å². The fraction of sp³-hybridized carbons (Fsp3) is 0.167. The van der Waals surface area contributed by atoms with Crippen molar-refractivity contribution in [3.05, 3.63) is 64.2 Å². The first-order chi connectivity index (χ1) is 10.5. The van der Waals surface area contributed by atoms with Gasteiger partial charge in [0.25, 0.3) is 0 Å². The lowest BCUT2D eigenvalue weighted by atomic mass is 10.1. The Morgan fingerprint density at radius 3 is 2.68 bits per heavy atom. The van der Waals surface area contributed by atoms with Crippen molar-refractivity contribution in [2.24, 2.45) is 0 Å². The number of benzene rings is 2. The van der Waals surface area contributed by atoms with Gasteiger partial charge >= 0.3 is 0 Å². The molecule has 0 aliphatic heterocycles. The summed E-state index contributed by atoms with van der Waals surface area (Å²) in [5, 5.41) is 3.36. The summed E-state index contributed by atoms with van der Waals surface area (Å²) < 4.78 is 5.15.